The second kappa shape index (κ2) is 7.01. The number of aliphatic hydroxyl groups excluding tert-OH is 2. The predicted octanol–water partition coefficient (Wildman–Crippen LogP) is 3.82. The molecule has 0 amide bonds. The van der Waals surface area contributed by atoms with Crippen molar-refractivity contribution in [2.45, 2.75) is 11.8 Å². The van der Waals surface area contributed by atoms with Gasteiger partial charge < -0.3 is 10.2 Å². The average molecular weight is 418 g/mol. The summed E-state index contributed by atoms with van der Waals surface area (Å²) < 4.78 is 15.5. The van der Waals surface area contributed by atoms with E-state index in [0.717, 1.165) is 10.0 Å². The highest BCUT2D eigenvalue weighted by Gasteiger charge is 2.33. The van der Waals surface area contributed by atoms with E-state index in [1.54, 1.807) is 12.1 Å². The maximum absolute atomic E-state index is 14.1. The van der Waals surface area contributed by atoms with E-state index in [4.69, 9.17) is 0 Å². The van der Waals surface area contributed by atoms with Crippen LogP contribution in [-0.4, -0.2) is 23.4 Å². The summed E-state index contributed by atoms with van der Waals surface area (Å²) in [6.07, 6.45) is 0.210. The van der Waals surface area contributed by atoms with E-state index in [-0.39, 0.29) is 25.5 Å². The van der Waals surface area contributed by atoms with Gasteiger partial charge in [0.25, 0.3) is 0 Å². The molecule has 0 heterocycles. The standard InChI is InChI=1S/C16H15Br2FO2/c17-12-6-5-11(15(19)7-12)8-16(9-20,10-21)13-3-1-2-4-14(13)18/h1-7,20-21H,8-10H2. The van der Waals surface area contributed by atoms with Crippen molar-refractivity contribution >= 4 is 31.9 Å². The monoisotopic (exact) mass is 416 g/mol. The van der Waals surface area contributed by atoms with Gasteiger partial charge in [0, 0.05) is 14.4 Å². The van der Waals surface area contributed by atoms with Crippen molar-refractivity contribution < 1.29 is 14.6 Å². The predicted molar refractivity (Wildman–Crippen MR) is 87.8 cm³/mol. The van der Waals surface area contributed by atoms with E-state index in [1.807, 2.05) is 24.3 Å². The van der Waals surface area contributed by atoms with Crippen molar-refractivity contribution in [1.29, 1.82) is 0 Å². The topological polar surface area (TPSA) is 40.5 Å². The molecule has 112 valence electrons. The van der Waals surface area contributed by atoms with Crippen molar-refractivity contribution in [2.75, 3.05) is 13.2 Å². The molecule has 0 aromatic heterocycles. The molecule has 0 saturated carbocycles. The molecule has 0 spiro atoms. The van der Waals surface area contributed by atoms with Gasteiger partial charge in [-0.15, -0.1) is 0 Å². The van der Waals surface area contributed by atoms with Crippen LogP contribution in [0.3, 0.4) is 0 Å². The first-order valence-electron chi connectivity index (χ1n) is 6.43. The minimum absolute atomic E-state index is 0.210. The Kier molecular flexibility index (Phi) is 5.54. The minimum atomic E-state index is -0.936. The molecular weight excluding hydrogens is 403 g/mol. The molecule has 0 saturated heterocycles. The van der Waals surface area contributed by atoms with Crippen LogP contribution in [0.1, 0.15) is 11.1 Å². The highest BCUT2D eigenvalue weighted by atomic mass is 79.9. The van der Waals surface area contributed by atoms with Gasteiger partial charge in [0.15, 0.2) is 0 Å². The highest BCUT2D eigenvalue weighted by molar-refractivity contribution is 9.10. The fraction of sp³-hybridized carbons (Fsp3) is 0.250. The van der Waals surface area contributed by atoms with Gasteiger partial charge in [-0.1, -0.05) is 56.1 Å². The molecule has 2 nitrogen and oxygen atoms in total. The zero-order valence-electron chi connectivity index (χ0n) is 11.2. The number of hydrogen-bond donors (Lipinski definition) is 2. The summed E-state index contributed by atoms with van der Waals surface area (Å²) in [4.78, 5) is 0. The van der Waals surface area contributed by atoms with Crippen LogP contribution in [0.15, 0.2) is 51.4 Å². The van der Waals surface area contributed by atoms with Gasteiger partial charge in [-0.2, -0.15) is 0 Å². The molecule has 0 aliphatic carbocycles. The lowest BCUT2D eigenvalue weighted by Crippen LogP contribution is -2.38. The van der Waals surface area contributed by atoms with Gasteiger partial charge in [-0.3, -0.25) is 0 Å². The fourth-order valence-corrected chi connectivity index (χ4v) is 3.39. The smallest absolute Gasteiger partial charge is 0.127 e. The van der Waals surface area contributed by atoms with Crippen molar-refractivity contribution in [3.05, 3.63) is 68.4 Å². The molecule has 0 aliphatic heterocycles. The Morgan fingerprint density at radius 3 is 2.24 bits per heavy atom. The third kappa shape index (κ3) is 3.54. The SMILES string of the molecule is OCC(CO)(Cc1ccc(Br)cc1F)c1ccccc1Br. The molecule has 2 N–H and O–H groups in total. The summed E-state index contributed by atoms with van der Waals surface area (Å²) in [5.41, 5.74) is 0.281. The van der Waals surface area contributed by atoms with E-state index in [2.05, 4.69) is 31.9 Å². The molecule has 0 radical (unpaired) electrons. The molecular formula is C16H15Br2FO2. The molecule has 2 aromatic carbocycles. The van der Waals surface area contributed by atoms with Crippen LogP contribution in [-0.2, 0) is 11.8 Å². The van der Waals surface area contributed by atoms with Crippen LogP contribution in [0.5, 0.6) is 0 Å². The Balaban J connectivity index is 2.46. The first-order chi connectivity index (χ1) is 10.0. The normalized spacial score (nSPS) is 11.7. The first kappa shape index (κ1) is 16.6. The number of aliphatic hydroxyl groups is 2. The lowest BCUT2D eigenvalue weighted by molar-refractivity contribution is 0.115. The van der Waals surface area contributed by atoms with Crippen LogP contribution in [0.2, 0.25) is 0 Å². The van der Waals surface area contributed by atoms with Crippen molar-refractivity contribution in [3.63, 3.8) is 0 Å². The lowest BCUT2D eigenvalue weighted by atomic mass is 9.76. The summed E-state index contributed by atoms with van der Waals surface area (Å²) in [6, 6.07) is 12.1. The van der Waals surface area contributed by atoms with Gasteiger partial charge >= 0.3 is 0 Å². The summed E-state index contributed by atoms with van der Waals surface area (Å²) >= 11 is 6.65. The van der Waals surface area contributed by atoms with Crippen LogP contribution in [0.25, 0.3) is 0 Å². The lowest BCUT2D eigenvalue weighted by Gasteiger charge is -2.31. The molecule has 0 aliphatic rings. The van der Waals surface area contributed by atoms with Crippen molar-refractivity contribution in [1.82, 2.24) is 0 Å². The fourth-order valence-electron chi connectivity index (χ4n) is 2.35. The van der Waals surface area contributed by atoms with E-state index in [9.17, 15) is 14.6 Å². The zero-order valence-corrected chi connectivity index (χ0v) is 14.4. The second-order valence-electron chi connectivity index (χ2n) is 4.99. The molecule has 2 aromatic rings. The Labute approximate surface area is 139 Å². The first-order valence-corrected chi connectivity index (χ1v) is 8.01. The number of benzene rings is 2. The van der Waals surface area contributed by atoms with Gasteiger partial charge in [0.1, 0.15) is 5.82 Å². The number of halogens is 3. The maximum atomic E-state index is 14.1. The second-order valence-corrected chi connectivity index (χ2v) is 6.76. The van der Waals surface area contributed by atoms with E-state index < -0.39 is 5.41 Å². The Hall–Kier alpha value is -0.750. The molecule has 0 fully saturated rings. The largest absolute Gasteiger partial charge is 0.395 e. The van der Waals surface area contributed by atoms with Crippen molar-refractivity contribution in [3.8, 4) is 0 Å². The number of hydrogen-bond acceptors (Lipinski definition) is 2. The maximum Gasteiger partial charge on any atom is 0.127 e. The summed E-state index contributed by atoms with van der Waals surface area (Å²) in [5.74, 6) is -0.359. The zero-order chi connectivity index (χ0) is 15.5. The van der Waals surface area contributed by atoms with Crippen LogP contribution in [0, 0.1) is 5.82 Å². The van der Waals surface area contributed by atoms with Gasteiger partial charge in [-0.05, 0) is 35.7 Å². The molecule has 21 heavy (non-hydrogen) atoms. The Morgan fingerprint density at radius 2 is 1.67 bits per heavy atom. The van der Waals surface area contributed by atoms with Gasteiger partial charge in [0.2, 0.25) is 0 Å². The highest BCUT2D eigenvalue weighted by Crippen LogP contribution is 2.34. The van der Waals surface area contributed by atoms with Crippen LogP contribution in [0.4, 0.5) is 4.39 Å². The van der Waals surface area contributed by atoms with E-state index >= 15 is 0 Å². The molecule has 0 unspecified atom stereocenters. The van der Waals surface area contributed by atoms with E-state index in [0.29, 0.717) is 10.0 Å². The summed E-state index contributed by atoms with van der Waals surface area (Å²) in [6.45, 7) is -0.552. The Morgan fingerprint density at radius 1 is 1.00 bits per heavy atom. The quantitative estimate of drug-likeness (QED) is 0.776. The molecule has 5 heteroatoms. The summed E-state index contributed by atoms with van der Waals surface area (Å²) in [5, 5.41) is 19.7. The van der Waals surface area contributed by atoms with Gasteiger partial charge in [-0.25, -0.2) is 4.39 Å². The van der Waals surface area contributed by atoms with Crippen LogP contribution < -0.4 is 0 Å². The minimum Gasteiger partial charge on any atom is -0.395 e. The van der Waals surface area contributed by atoms with Gasteiger partial charge in [0.05, 0.1) is 13.2 Å². The average Bonchev–Trinajstić information content (AvgIpc) is 2.48. The molecule has 0 atom stereocenters. The third-order valence-corrected chi connectivity index (χ3v) is 4.78. The molecule has 0 bridgehead atoms. The Bertz CT molecular complexity index is 627. The summed E-state index contributed by atoms with van der Waals surface area (Å²) in [7, 11) is 0. The number of rotatable bonds is 5. The van der Waals surface area contributed by atoms with Crippen molar-refractivity contribution in [2.24, 2.45) is 0 Å². The molecule has 2 rings (SSSR count). The van der Waals surface area contributed by atoms with Crippen LogP contribution >= 0.6 is 31.9 Å². The third-order valence-electron chi connectivity index (χ3n) is 3.59. The van der Waals surface area contributed by atoms with E-state index in [1.165, 1.54) is 6.07 Å².